The SMILES string of the molecule is CCn1nc(-c2ccccc2C)c(C(C)C)c1O. The number of hydrogen-bond acceptors (Lipinski definition) is 2. The molecule has 0 fully saturated rings. The summed E-state index contributed by atoms with van der Waals surface area (Å²) in [5.74, 6) is 0.547. The van der Waals surface area contributed by atoms with Gasteiger partial charge in [0.2, 0.25) is 5.88 Å². The lowest BCUT2D eigenvalue weighted by Gasteiger charge is -2.08. The topological polar surface area (TPSA) is 38.0 Å². The van der Waals surface area contributed by atoms with E-state index in [9.17, 15) is 5.11 Å². The quantitative estimate of drug-likeness (QED) is 0.893. The van der Waals surface area contributed by atoms with Gasteiger partial charge in [0.1, 0.15) is 0 Å². The van der Waals surface area contributed by atoms with Crippen LogP contribution in [0, 0.1) is 6.92 Å². The van der Waals surface area contributed by atoms with Crippen LogP contribution in [-0.4, -0.2) is 14.9 Å². The number of aryl methyl sites for hydroxylation is 2. The Morgan fingerprint density at radius 1 is 1.28 bits per heavy atom. The average molecular weight is 244 g/mol. The minimum atomic E-state index is 0.250. The van der Waals surface area contributed by atoms with Gasteiger partial charge in [-0.1, -0.05) is 38.1 Å². The van der Waals surface area contributed by atoms with Crippen molar-refractivity contribution in [1.29, 1.82) is 0 Å². The molecule has 2 rings (SSSR count). The van der Waals surface area contributed by atoms with Gasteiger partial charge in [-0.2, -0.15) is 5.10 Å². The fourth-order valence-electron chi connectivity index (χ4n) is 2.26. The summed E-state index contributed by atoms with van der Waals surface area (Å²) in [7, 11) is 0. The Balaban J connectivity index is 2.68. The third-order valence-electron chi connectivity index (χ3n) is 3.24. The monoisotopic (exact) mass is 244 g/mol. The minimum Gasteiger partial charge on any atom is -0.493 e. The Hall–Kier alpha value is -1.77. The van der Waals surface area contributed by atoms with Gasteiger partial charge in [-0.3, -0.25) is 0 Å². The molecule has 0 bridgehead atoms. The molecule has 1 aromatic heterocycles. The van der Waals surface area contributed by atoms with Crippen molar-refractivity contribution in [2.24, 2.45) is 0 Å². The van der Waals surface area contributed by atoms with Crippen molar-refractivity contribution in [3.8, 4) is 17.1 Å². The van der Waals surface area contributed by atoms with E-state index in [1.807, 2.05) is 19.1 Å². The minimum absolute atomic E-state index is 0.250. The number of benzene rings is 1. The van der Waals surface area contributed by atoms with Gasteiger partial charge in [0.25, 0.3) is 0 Å². The van der Waals surface area contributed by atoms with Gasteiger partial charge in [-0.25, -0.2) is 4.68 Å². The van der Waals surface area contributed by atoms with Crippen LogP contribution in [0.4, 0.5) is 0 Å². The van der Waals surface area contributed by atoms with E-state index in [2.05, 4.69) is 38.0 Å². The van der Waals surface area contributed by atoms with Gasteiger partial charge in [-0.15, -0.1) is 0 Å². The predicted molar refractivity (Wildman–Crippen MR) is 73.8 cm³/mol. The van der Waals surface area contributed by atoms with E-state index in [0.717, 1.165) is 16.8 Å². The summed E-state index contributed by atoms with van der Waals surface area (Å²) in [5.41, 5.74) is 4.12. The molecular weight excluding hydrogens is 224 g/mol. The molecule has 96 valence electrons. The second-order valence-electron chi connectivity index (χ2n) is 4.87. The van der Waals surface area contributed by atoms with Gasteiger partial charge in [0, 0.05) is 17.7 Å². The zero-order valence-electron chi connectivity index (χ0n) is 11.4. The van der Waals surface area contributed by atoms with Crippen molar-refractivity contribution in [3.05, 3.63) is 35.4 Å². The molecule has 2 aromatic rings. The highest BCUT2D eigenvalue weighted by Gasteiger charge is 2.21. The average Bonchev–Trinajstić information content (AvgIpc) is 2.66. The van der Waals surface area contributed by atoms with E-state index >= 15 is 0 Å². The smallest absolute Gasteiger partial charge is 0.213 e. The van der Waals surface area contributed by atoms with E-state index < -0.39 is 0 Å². The third kappa shape index (κ3) is 2.01. The number of rotatable bonds is 3. The van der Waals surface area contributed by atoms with Crippen LogP contribution in [-0.2, 0) is 6.54 Å². The lowest BCUT2D eigenvalue weighted by Crippen LogP contribution is -1.95. The molecule has 3 nitrogen and oxygen atoms in total. The van der Waals surface area contributed by atoms with Gasteiger partial charge in [0.05, 0.1) is 5.69 Å². The lowest BCUT2D eigenvalue weighted by molar-refractivity contribution is 0.398. The van der Waals surface area contributed by atoms with Crippen LogP contribution in [0.15, 0.2) is 24.3 Å². The summed E-state index contributed by atoms with van der Waals surface area (Å²) in [6, 6.07) is 8.16. The van der Waals surface area contributed by atoms with Crippen LogP contribution >= 0.6 is 0 Å². The highest BCUT2D eigenvalue weighted by atomic mass is 16.3. The summed E-state index contributed by atoms with van der Waals surface area (Å²) < 4.78 is 1.66. The maximum Gasteiger partial charge on any atom is 0.213 e. The predicted octanol–water partition coefficient (Wildman–Crippen LogP) is 3.71. The Bertz CT molecular complexity index is 556. The van der Waals surface area contributed by atoms with Crippen LogP contribution in [0.2, 0.25) is 0 Å². The largest absolute Gasteiger partial charge is 0.493 e. The number of nitrogens with zero attached hydrogens (tertiary/aromatic N) is 2. The molecule has 0 aliphatic rings. The van der Waals surface area contributed by atoms with E-state index in [1.54, 1.807) is 4.68 Å². The molecule has 1 heterocycles. The molecule has 1 N–H and O–H groups in total. The van der Waals surface area contributed by atoms with Crippen LogP contribution in [0.3, 0.4) is 0 Å². The number of aromatic hydroxyl groups is 1. The molecule has 0 aliphatic carbocycles. The fraction of sp³-hybridized carbons (Fsp3) is 0.400. The van der Waals surface area contributed by atoms with Gasteiger partial charge < -0.3 is 5.11 Å². The highest BCUT2D eigenvalue weighted by molar-refractivity contribution is 5.69. The zero-order valence-corrected chi connectivity index (χ0v) is 11.4. The van der Waals surface area contributed by atoms with Crippen LogP contribution < -0.4 is 0 Å². The molecule has 0 atom stereocenters. The first-order valence-corrected chi connectivity index (χ1v) is 6.41. The molecule has 3 heteroatoms. The molecule has 0 radical (unpaired) electrons. The molecule has 0 saturated heterocycles. The van der Waals surface area contributed by atoms with E-state index in [0.29, 0.717) is 12.4 Å². The second kappa shape index (κ2) is 4.84. The summed E-state index contributed by atoms with van der Waals surface area (Å²) >= 11 is 0. The summed E-state index contributed by atoms with van der Waals surface area (Å²) in [5, 5.41) is 14.8. The standard InChI is InChI=1S/C15H20N2O/c1-5-17-15(18)13(10(2)3)14(16-17)12-9-7-6-8-11(12)4/h6-10,18H,5H2,1-4H3. The van der Waals surface area contributed by atoms with Crippen molar-refractivity contribution >= 4 is 0 Å². The summed E-state index contributed by atoms with van der Waals surface area (Å²) in [4.78, 5) is 0. The van der Waals surface area contributed by atoms with Crippen molar-refractivity contribution in [2.75, 3.05) is 0 Å². The molecule has 0 aliphatic heterocycles. The second-order valence-corrected chi connectivity index (χ2v) is 4.87. The summed E-state index contributed by atoms with van der Waals surface area (Å²) in [6.07, 6.45) is 0. The van der Waals surface area contributed by atoms with E-state index in [4.69, 9.17) is 0 Å². The maximum absolute atomic E-state index is 10.2. The molecule has 0 unspecified atom stereocenters. The van der Waals surface area contributed by atoms with Crippen LogP contribution in [0.5, 0.6) is 5.88 Å². The fourth-order valence-corrected chi connectivity index (χ4v) is 2.26. The maximum atomic E-state index is 10.2. The first-order chi connectivity index (χ1) is 8.56. The van der Waals surface area contributed by atoms with Crippen molar-refractivity contribution in [3.63, 3.8) is 0 Å². The van der Waals surface area contributed by atoms with Crippen molar-refractivity contribution in [2.45, 2.75) is 40.2 Å². The first-order valence-electron chi connectivity index (χ1n) is 6.41. The number of hydrogen-bond donors (Lipinski definition) is 1. The Morgan fingerprint density at radius 2 is 1.94 bits per heavy atom. The van der Waals surface area contributed by atoms with Gasteiger partial charge in [0.15, 0.2) is 0 Å². The van der Waals surface area contributed by atoms with Crippen LogP contribution in [0.25, 0.3) is 11.3 Å². The Labute approximate surface area is 108 Å². The molecule has 1 aromatic carbocycles. The summed E-state index contributed by atoms with van der Waals surface area (Å²) in [6.45, 7) is 8.90. The Morgan fingerprint density at radius 3 is 2.50 bits per heavy atom. The molecule has 18 heavy (non-hydrogen) atoms. The zero-order chi connectivity index (χ0) is 13.3. The highest BCUT2D eigenvalue weighted by Crippen LogP contribution is 2.36. The molecule has 0 spiro atoms. The molecular formula is C15H20N2O. The Kier molecular flexibility index (Phi) is 3.41. The van der Waals surface area contributed by atoms with Gasteiger partial charge >= 0.3 is 0 Å². The lowest BCUT2D eigenvalue weighted by atomic mass is 9.96. The third-order valence-corrected chi connectivity index (χ3v) is 3.24. The first kappa shape index (κ1) is 12.7. The van der Waals surface area contributed by atoms with E-state index in [1.165, 1.54) is 5.56 Å². The van der Waals surface area contributed by atoms with Gasteiger partial charge in [-0.05, 0) is 25.3 Å². The molecule has 0 saturated carbocycles. The van der Waals surface area contributed by atoms with E-state index in [-0.39, 0.29) is 5.92 Å². The van der Waals surface area contributed by atoms with Crippen molar-refractivity contribution in [1.82, 2.24) is 9.78 Å². The normalized spacial score (nSPS) is 11.2. The number of aromatic nitrogens is 2. The molecule has 0 amide bonds. The van der Waals surface area contributed by atoms with Crippen molar-refractivity contribution < 1.29 is 5.11 Å². The van der Waals surface area contributed by atoms with Crippen LogP contribution in [0.1, 0.15) is 37.8 Å².